The van der Waals surface area contributed by atoms with Crippen LogP contribution >= 0.6 is 0 Å². The maximum Gasteiger partial charge on any atom is 0.328 e. The Kier molecular flexibility index (Phi) is 3.54. The van der Waals surface area contributed by atoms with Crippen molar-refractivity contribution in [2.75, 3.05) is 13.6 Å². The second-order valence-corrected chi connectivity index (χ2v) is 4.36. The summed E-state index contributed by atoms with van der Waals surface area (Å²) < 4.78 is 0. The molecule has 17 heavy (non-hydrogen) atoms. The number of rotatable bonds is 3. The number of aliphatic carboxylic acids is 1. The second-order valence-electron chi connectivity index (χ2n) is 4.36. The Balaban J connectivity index is 2.19. The number of likely N-dealkylation sites (tertiary alicyclic amines) is 1. The lowest BCUT2D eigenvalue weighted by Gasteiger charge is -2.19. The molecular formula is C13H16N2O2. The summed E-state index contributed by atoms with van der Waals surface area (Å²) in [5.74, 6) is -0.937. The van der Waals surface area contributed by atoms with Gasteiger partial charge in [-0.1, -0.05) is 0 Å². The van der Waals surface area contributed by atoms with Crippen LogP contribution in [-0.4, -0.2) is 34.6 Å². The van der Waals surface area contributed by atoms with Crippen LogP contribution in [-0.2, 0) is 4.79 Å². The van der Waals surface area contributed by atoms with Gasteiger partial charge in [-0.05, 0) is 49.7 Å². The molecule has 90 valence electrons. The Morgan fingerprint density at radius 3 is 3.06 bits per heavy atom. The van der Waals surface area contributed by atoms with E-state index in [1.807, 2.05) is 12.3 Å². The van der Waals surface area contributed by atoms with E-state index in [1.165, 1.54) is 6.42 Å². The first-order valence-corrected chi connectivity index (χ1v) is 5.73. The molecule has 2 rings (SSSR count). The van der Waals surface area contributed by atoms with Crippen LogP contribution in [0.15, 0.2) is 24.5 Å². The third-order valence-electron chi connectivity index (χ3n) is 3.10. The smallest absolute Gasteiger partial charge is 0.328 e. The lowest BCUT2D eigenvalue weighted by Crippen LogP contribution is -2.17. The van der Waals surface area contributed by atoms with Gasteiger partial charge < -0.3 is 5.11 Å². The number of carbonyl (C=O) groups is 1. The van der Waals surface area contributed by atoms with Crippen molar-refractivity contribution in [3.8, 4) is 0 Å². The van der Waals surface area contributed by atoms with Gasteiger partial charge in [0.1, 0.15) is 0 Å². The van der Waals surface area contributed by atoms with Crippen molar-refractivity contribution in [3.05, 3.63) is 35.7 Å². The third kappa shape index (κ3) is 2.91. The van der Waals surface area contributed by atoms with Crippen LogP contribution in [0.3, 0.4) is 0 Å². The number of aromatic nitrogens is 1. The van der Waals surface area contributed by atoms with Gasteiger partial charge in [-0.2, -0.15) is 0 Å². The molecule has 1 unspecified atom stereocenters. The Labute approximate surface area is 101 Å². The van der Waals surface area contributed by atoms with Gasteiger partial charge in [0.2, 0.25) is 0 Å². The van der Waals surface area contributed by atoms with Crippen LogP contribution in [0.25, 0.3) is 6.08 Å². The Morgan fingerprint density at radius 1 is 1.59 bits per heavy atom. The average Bonchev–Trinajstić information content (AvgIpc) is 2.73. The lowest BCUT2D eigenvalue weighted by molar-refractivity contribution is -0.131. The van der Waals surface area contributed by atoms with Crippen LogP contribution in [0.4, 0.5) is 0 Å². The molecule has 2 heterocycles. The topological polar surface area (TPSA) is 53.4 Å². The zero-order valence-electron chi connectivity index (χ0n) is 9.84. The summed E-state index contributed by atoms with van der Waals surface area (Å²) >= 11 is 0. The molecule has 1 saturated heterocycles. The molecule has 1 atom stereocenters. The van der Waals surface area contributed by atoms with Crippen molar-refractivity contribution in [1.82, 2.24) is 9.88 Å². The largest absolute Gasteiger partial charge is 0.478 e. The summed E-state index contributed by atoms with van der Waals surface area (Å²) in [6.45, 7) is 1.11. The Morgan fingerprint density at radius 2 is 2.41 bits per heavy atom. The summed E-state index contributed by atoms with van der Waals surface area (Å²) in [5, 5.41) is 8.58. The zero-order valence-corrected chi connectivity index (χ0v) is 9.84. The fourth-order valence-corrected chi connectivity index (χ4v) is 2.25. The van der Waals surface area contributed by atoms with Gasteiger partial charge in [-0.3, -0.25) is 9.88 Å². The average molecular weight is 232 g/mol. The van der Waals surface area contributed by atoms with E-state index in [2.05, 4.69) is 16.9 Å². The van der Waals surface area contributed by atoms with Crippen LogP contribution in [0, 0.1) is 0 Å². The van der Waals surface area contributed by atoms with Crippen molar-refractivity contribution in [2.45, 2.75) is 18.9 Å². The Bertz CT molecular complexity index is 443. The predicted molar refractivity (Wildman–Crippen MR) is 65.5 cm³/mol. The van der Waals surface area contributed by atoms with E-state index in [-0.39, 0.29) is 0 Å². The molecule has 1 aliphatic rings. The van der Waals surface area contributed by atoms with Crippen molar-refractivity contribution < 1.29 is 9.90 Å². The minimum absolute atomic E-state index is 0.417. The number of hydrogen-bond acceptors (Lipinski definition) is 3. The van der Waals surface area contributed by atoms with Crippen LogP contribution in [0.2, 0.25) is 0 Å². The van der Waals surface area contributed by atoms with E-state index in [0.717, 1.165) is 30.2 Å². The first kappa shape index (κ1) is 11.8. The van der Waals surface area contributed by atoms with Gasteiger partial charge in [0.05, 0.1) is 0 Å². The van der Waals surface area contributed by atoms with E-state index in [1.54, 1.807) is 12.3 Å². The molecule has 0 amide bonds. The summed E-state index contributed by atoms with van der Waals surface area (Å²) in [6, 6.07) is 2.43. The molecule has 0 aliphatic carbocycles. The van der Waals surface area contributed by atoms with Crippen molar-refractivity contribution in [3.63, 3.8) is 0 Å². The van der Waals surface area contributed by atoms with E-state index < -0.39 is 5.97 Å². The molecule has 1 fully saturated rings. The van der Waals surface area contributed by atoms with Crippen molar-refractivity contribution >= 4 is 12.0 Å². The molecule has 1 aromatic rings. The molecule has 4 heteroatoms. The molecule has 0 saturated carbocycles. The summed E-state index contributed by atoms with van der Waals surface area (Å²) in [6.07, 6.45) is 8.61. The monoisotopic (exact) mass is 232 g/mol. The van der Waals surface area contributed by atoms with Gasteiger partial charge in [-0.25, -0.2) is 4.79 Å². The van der Waals surface area contributed by atoms with Crippen molar-refractivity contribution in [1.29, 1.82) is 0 Å². The van der Waals surface area contributed by atoms with Gasteiger partial charge >= 0.3 is 5.97 Å². The highest BCUT2D eigenvalue weighted by Gasteiger charge is 2.22. The predicted octanol–water partition coefficient (Wildman–Crippen LogP) is 1.95. The van der Waals surface area contributed by atoms with Gasteiger partial charge in [0.25, 0.3) is 0 Å². The fourth-order valence-electron chi connectivity index (χ4n) is 2.25. The number of carboxylic acids is 1. The van der Waals surface area contributed by atoms with E-state index >= 15 is 0 Å². The minimum atomic E-state index is -0.937. The quantitative estimate of drug-likeness (QED) is 0.809. The number of hydrogen-bond donors (Lipinski definition) is 1. The molecular weight excluding hydrogens is 216 g/mol. The Hall–Kier alpha value is -1.68. The van der Waals surface area contributed by atoms with Crippen LogP contribution in [0.1, 0.15) is 30.0 Å². The van der Waals surface area contributed by atoms with E-state index in [9.17, 15) is 4.79 Å². The first-order chi connectivity index (χ1) is 8.16. The number of carboxylic acid groups (broad SMARTS) is 1. The standard InChI is InChI=1S/C13H16N2O2/c1-15-6-2-3-12(15)11-7-10(8-14-9-11)4-5-13(16)17/h4-5,7-9,12H,2-3,6H2,1H3,(H,16,17). The first-order valence-electron chi connectivity index (χ1n) is 5.73. The highest BCUT2D eigenvalue weighted by atomic mass is 16.4. The molecule has 4 nitrogen and oxygen atoms in total. The molecule has 0 spiro atoms. The van der Waals surface area contributed by atoms with E-state index in [0.29, 0.717) is 6.04 Å². The van der Waals surface area contributed by atoms with Crippen LogP contribution < -0.4 is 0 Å². The molecule has 1 aromatic heterocycles. The lowest BCUT2D eigenvalue weighted by atomic mass is 10.1. The van der Waals surface area contributed by atoms with Crippen molar-refractivity contribution in [2.24, 2.45) is 0 Å². The van der Waals surface area contributed by atoms with Crippen LogP contribution in [0.5, 0.6) is 0 Å². The summed E-state index contributed by atoms with van der Waals surface area (Å²) in [7, 11) is 2.11. The van der Waals surface area contributed by atoms with Gasteiger partial charge in [0.15, 0.2) is 0 Å². The molecule has 1 N–H and O–H groups in total. The van der Waals surface area contributed by atoms with Gasteiger partial charge in [-0.15, -0.1) is 0 Å². The van der Waals surface area contributed by atoms with Gasteiger partial charge in [0, 0.05) is 24.5 Å². The summed E-state index contributed by atoms with van der Waals surface area (Å²) in [5.41, 5.74) is 2.00. The summed E-state index contributed by atoms with van der Waals surface area (Å²) in [4.78, 5) is 16.9. The SMILES string of the molecule is CN1CCCC1c1cncc(C=CC(=O)O)c1. The second kappa shape index (κ2) is 5.10. The fraction of sp³-hybridized carbons (Fsp3) is 0.385. The maximum absolute atomic E-state index is 10.5. The normalized spacial score (nSPS) is 21.1. The molecule has 0 radical (unpaired) electrons. The molecule has 1 aliphatic heterocycles. The number of pyridine rings is 1. The maximum atomic E-state index is 10.5. The number of nitrogens with zero attached hydrogens (tertiary/aromatic N) is 2. The highest BCUT2D eigenvalue weighted by molar-refractivity contribution is 5.85. The zero-order chi connectivity index (χ0) is 12.3. The highest BCUT2D eigenvalue weighted by Crippen LogP contribution is 2.30. The van der Waals surface area contributed by atoms with E-state index in [4.69, 9.17) is 5.11 Å². The minimum Gasteiger partial charge on any atom is -0.478 e. The third-order valence-corrected chi connectivity index (χ3v) is 3.10. The molecule has 0 aromatic carbocycles. The molecule has 0 bridgehead atoms.